The second-order valence-corrected chi connectivity index (χ2v) is 4.97. The molecule has 1 aromatic heterocycles. The van der Waals surface area contributed by atoms with Crippen molar-refractivity contribution in [1.82, 2.24) is 9.78 Å². The predicted octanol–water partition coefficient (Wildman–Crippen LogP) is 2.12. The van der Waals surface area contributed by atoms with E-state index in [9.17, 15) is 14.9 Å². The number of carbonyl (C=O) groups is 1. The topological polar surface area (TPSA) is 110 Å². The van der Waals surface area contributed by atoms with Gasteiger partial charge in [-0.15, -0.1) is 0 Å². The number of aliphatic carboxylic acids is 1. The van der Waals surface area contributed by atoms with E-state index in [1.54, 1.807) is 7.05 Å². The smallest absolute Gasteiger partial charge is 0.334 e. The average molecular weight is 284 g/mol. The zero-order valence-electron chi connectivity index (χ0n) is 12.1. The minimum absolute atomic E-state index is 0.0775. The van der Waals surface area contributed by atoms with Gasteiger partial charge in [0, 0.05) is 19.0 Å². The van der Waals surface area contributed by atoms with E-state index in [0.29, 0.717) is 12.1 Å². The summed E-state index contributed by atoms with van der Waals surface area (Å²) in [5.41, 5.74) is 0.316. The second kappa shape index (κ2) is 6.36. The standard InChI is InChI=1S/C12H20N4O4/c1-5-8(6-9(17)18)13-12-11(16(19)20)10(7(2)3)14-15(12)4/h7-8,13H,5-6H2,1-4H3,(H,17,18). The maximum Gasteiger partial charge on any atom is 0.334 e. The Morgan fingerprint density at radius 1 is 1.55 bits per heavy atom. The van der Waals surface area contributed by atoms with Gasteiger partial charge in [0.1, 0.15) is 5.69 Å². The maximum atomic E-state index is 11.2. The van der Waals surface area contributed by atoms with Crippen LogP contribution in [0.5, 0.6) is 0 Å². The number of anilines is 1. The molecular weight excluding hydrogens is 264 g/mol. The van der Waals surface area contributed by atoms with Crippen molar-refractivity contribution in [3.8, 4) is 0 Å². The van der Waals surface area contributed by atoms with Crippen LogP contribution in [0.1, 0.15) is 45.2 Å². The Hall–Kier alpha value is -2.12. The van der Waals surface area contributed by atoms with Gasteiger partial charge in [0.05, 0.1) is 11.3 Å². The first-order chi connectivity index (χ1) is 9.27. The molecule has 1 aromatic rings. The normalized spacial score (nSPS) is 12.4. The zero-order valence-corrected chi connectivity index (χ0v) is 12.1. The van der Waals surface area contributed by atoms with Crippen LogP contribution in [0.15, 0.2) is 0 Å². The summed E-state index contributed by atoms with van der Waals surface area (Å²) < 4.78 is 1.40. The van der Waals surface area contributed by atoms with Crippen molar-refractivity contribution in [2.24, 2.45) is 7.05 Å². The lowest BCUT2D eigenvalue weighted by Crippen LogP contribution is -2.24. The van der Waals surface area contributed by atoms with Crippen molar-refractivity contribution >= 4 is 17.5 Å². The fourth-order valence-electron chi connectivity index (χ4n) is 1.97. The van der Waals surface area contributed by atoms with Gasteiger partial charge in [-0.25, -0.2) is 4.68 Å². The Balaban J connectivity index is 3.16. The third-order valence-electron chi connectivity index (χ3n) is 3.03. The van der Waals surface area contributed by atoms with Crippen LogP contribution in [-0.2, 0) is 11.8 Å². The number of carboxylic acids is 1. The van der Waals surface area contributed by atoms with Crippen LogP contribution in [-0.4, -0.2) is 31.8 Å². The highest BCUT2D eigenvalue weighted by Gasteiger charge is 2.29. The second-order valence-electron chi connectivity index (χ2n) is 4.97. The number of hydrogen-bond acceptors (Lipinski definition) is 5. The summed E-state index contributed by atoms with van der Waals surface area (Å²) in [5.74, 6) is -0.776. The van der Waals surface area contributed by atoms with E-state index >= 15 is 0 Å². The lowest BCUT2D eigenvalue weighted by Gasteiger charge is -2.15. The van der Waals surface area contributed by atoms with E-state index in [2.05, 4.69) is 10.4 Å². The molecule has 0 spiro atoms. The van der Waals surface area contributed by atoms with E-state index in [-0.39, 0.29) is 29.9 Å². The first-order valence-electron chi connectivity index (χ1n) is 6.47. The molecule has 1 rings (SSSR count). The molecule has 0 saturated carbocycles. The van der Waals surface area contributed by atoms with Crippen molar-refractivity contribution in [2.45, 2.75) is 45.6 Å². The number of aromatic nitrogens is 2. The Labute approximate surface area is 116 Å². The molecule has 0 aliphatic heterocycles. The first-order valence-corrected chi connectivity index (χ1v) is 6.47. The third kappa shape index (κ3) is 3.46. The highest BCUT2D eigenvalue weighted by atomic mass is 16.6. The number of hydrogen-bond donors (Lipinski definition) is 2. The number of nitrogens with one attached hydrogen (secondary N) is 1. The van der Waals surface area contributed by atoms with Gasteiger partial charge < -0.3 is 10.4 Å². The molecule has 0 amide bonds. The van der Waals surface area contributed by atoms with E-state index in [1.165, 1.54) is 4.68 Å². The molecule has 8 heteroatoms. The largest absolute Gasteiger partial charge is 0.481 e. The quantitative estimate of drug-likeness (QED) is 0.586. The van der Waals surface area contributed by atoms with Crippen molar-refractivity contribution < 1.29 is 14.8 Å². The van der Waals surface area contributed by atoms with Crippen LogP contribution in [0.2, 0.25) is 0 Å². The molecule has 0 aliphatic rings. The van der Waals surface area contributed by atoms with E-state index in [4.69, 9.17) is 5.11 Å². The van der Waals surface area contributed by atoms with Crippen molar-refractivity contribution in [3.63, 3.8) is 0 Å². The van der Waals surface area contributed by atoms with Crippen molar-refractivity contribution in [3.05, 3.63) is 15.8 Å². The molecule has 1 atom stereocenters. The van der Waals surface area contributed by atoms with Gasteiger partial charge in [-0.05, 0) is 6.42 Å². The Morgan fingerprint density at radius 2 is 2.15 bits per heavy atom. The zero-order chi connectivity index (χ0) is 15.4. The third-order valence-corrected chi connectivity index (χ3v) is 3.03. The van der Waals surface area contributed by atoms with Crippen molar-refractivity contribution in [2.75, 3.05) is 5.32 Å². The van der Waals surface area contributed by atoms with Gasteiger partial charge in [0.15, 0.2) is 0 Å². The van der Waals surface area contributed by atoms with Crippen LogP contribution in [0.25, 0.3) is 0 Å². The Morgan fingerprint density at radius 3 is 2.55 bits per heavy atom. The molecule has 0 saturated heterocycles. The predicted molar refractivity (Wildman–Crippen MR) is 73.9 cm³/mol. The summed E-state index contributed by atoms with van der Waals surface area (Å²) in [6.07, 6.45) is 0.446. The molecule has 112 valence electrons. The molecule has 0 aliphatic carbocycles. The van der Waals surface area contributed by atoms with Gasteiger partial charge in [-0.1, -0.05) is 20.8 Å². The summed E-state index contributed by atoms with van der Waals surface area (Å²) in [7, 11) is 1.61. The first kappa shape index (κ1) is 15.9. The van der Waals surface area contributed by atoms with Crippen LogP contribution >= 0.6 is 0 Å². The van der Waals surface area contributed by atoms with E-state index in [1.807, 2.05) is 20.8 Å². The molecule has 8 nitrogen and oxygen atoms in total. The summed E-state index contributed by atoms with van der Waals surface area (Å²) in [6.45, 7) is 5.48. The van der Waals surface area contributed by atoms with E-state index in [0.717, 1.165) is 0 Å². The molecule has 0 bridgehead atoms. The average Bonchev–Trinajstić information content (AvgIpc) is 2.65. The minimum atomic E-state index is -0.946. The van der Waals surface area contributed by atoms with Gasteiger partial charge in [-0.2, -0.15) is 5.10 Å². The van der Waals surface area contributed by atoms with Crippen LogP contribution in [0, 0.1) is 10.1 Å². The summed E-state index contributed by atoms with van der Waals surface area (Å²) >= 11 is 0. The molecule has 2 N–H and O–H groups in total. The van der Waals surface area contributed by atoms with Gasteiger partial charge >= 0.3 is 11.7 Å². The fourth-order valence-corrected chi connectivity index (χ4v) is 1.97. The highest BCUT2D eigenvalue weighted by molar-refractivity contribution is 5.69. The maximum absolute atomic E-state index is 11.2. The number of nitro groups is 1. The van der Waals surface area contributed by atoms with E-state index < -0.39 is 10.9 Å². The van der Waals surface area contributed by atoms with Crippen molar-refractivity contribution in [1.29, 1.82) is 0 Å². The number of nitrogens with zero attached hydrogens (tertiary/aromatic N) is 3. The monoisotopic (exact) mass is 284 g/mol. The lowest BCUT2D eigenvalue weighted by molar-refractivity contribution is -0.384. The summed E-state index contributed by atoms with van der Waals surface area (Å²) in [5, 5.41) is 27.2. The molecule has 0 radical (unpaired) electrons. The van der Waals surface area contributed by atoms with Gasteiger partial charge in [-0.3, -0.25) is 14.9 Å². The minimum Gasteiger partial charge on any atom is -0.481 e. The molecular formula is C12H20N4O4. The number of rotatable bonds is 7. The molecule has 0 fully saturated rings. The fraction of sp³-hybridized carbons (Fsp3) is 0.667. The Kier molecular flexibility index (Phi) is 5.06. The van der Waals surface area contributed by atoms with Crippen LogP contribution in [0.4, 0.5) is 11.5 Å². The molecule has 0 aromatic carbocycles. The number of aryl methyl sites for hydroxylation is 1. The van der Waals surface area contributed by atoms with Crippen LogP contribution in [0.3, 0.4) is 0 Å². The summed E-state index contributed by atoms with van der Waals surface area (Å²) in [6, 6.07) is -0.374. The number of carboxylic acid groups (broad SMARTS) is 1. The molecule has 1 heterocycles. The lowest BCUT2D eigenvalue weighted by atomic mass is 10.1. The Bertz CT molecular complexity index is 510. The van der Waals surface area contributed by atoms with Gasteiger partial charge in [0.25, 0.3) is 0 Å². The highest BCUT2D eigenvalue weighted by Crippen LogP contribution is 2.33. The van der Waals surface area contributed by atoms with Gasteiger partial charge in [0.2, 0.25) is 5.82 Å². The summed E-state index contributed by atoms with van der Waals surface area (Å²) in [4.78, 5) is 21.6. The molecule has 1 unspecified atom stereocenters. The molecule has 20 heavy (non-hydrogen) atoms. The van der Waals surface area contributed by atoms with Crippen LogP contribution < -0.4 is 5.32 Å². The SMILES string of the molecule is CCC(CC(=O)O)Nc1c([N+](=O)[O-])c(C(C)C)nn1C.